The first-order chi connectivity index (χ1) is 19.9. The number of benzene rings is 2. The Bertz CT molecular complexity index is 1500. The minimum Gasteiger partial charge on any atom is -0.492 e. The van der Waals surface area contributed by atoms with Crippen molar-refractivity contribution in [2.45, 2.75) is 31.7 Å². The molecular weight excluding hydrogens is 535 g/mol. The third kappa shape index (κ3) is 6.88. The average Bonchev–Trinajstić information content (AvgIpc) is 3.70. The van der Waals surface area contributed by atoms with E-state index in [1.165, 1.54) is 31.0 Å². The molecule has 2 aliphatic rings. The van der Waals surface area contributed by atoms with Gasteiger partial charge in [0.25, 0.3) is 0 Å². The maximum atomic E-state index is 12.6. The molecule has 2 aromatic heterocycles. The second-order valence-corrected chi connectivity index (χ2v) is 10.1. The van der Waals surface area contributed by atoms with Crippen LogP contribution in [0.5, 0.6) is 11.5 Å². The number of hydrogen-bond acceptors (Lipinski definition) is 8. The van der Waals surface area contributed by atoms with Crippen LogP contribution in [0, 0.1) is 0 Å². The molecule has 1 atom stereocenters. The van der Waals surface area contributed by atoms with Gasteiger partial charge in [-0.05, 0) is 80.0 Å². The molecule has 9 nitrogen and oxygen atoms in total. The van der Waals surface area contributed by atoms with E-state index in [1.807, 2.05) is 48.7 Å². The quantitative estimate of drug-likeness (QED) is 0.275. The molecule has 1 N–H and O–H groups in total. The fourth-order valence-electron chi connectivity index (χ4n) is 5.14. The van der Waals surface area contributed by atoms with Crippen LogP contribution in [0.4, 0.5) is 24.8 Å². The Balaban J connectivity index is 1.07. The summed E-state index contributed by atoms with van der Waals surface area (Å²) >= 11 is 0. The van der Waals surface area contributed by atoms with E-state index in [2.05, 4.69) is 30.1 Å². The molecule has 0 spiro atoms. The minimum absolute atomic E-state index is 0.0696. The number of likely N-dealkylation sites (tertiary alicyclic amines) is 1. The number of anilines is 2. The van der Waals surface area contributed by atoms with Crippen molar-refractivity contribution >= 4 is 23.5 Å². The van der Waals surface area contributed by atoms with E-state index >= 15 is 0 Å². The molecule has 214 valence electrons. The standard InChI is InChI=1S/C29H30F3N7O2/c30-29(31,32)41-25-6-3-5-21(17-25)19-38-20-22(18-33-38)26-7-4-8-27-35-28(36-39(26)27)34-23-9-11-24(12-10-23)40-16-15-37-13-1-2-14-37/h3-12,17-18,22H,1-2,13-16,19-20H2,(H,34,36). The Hall–Kier alpha value is -4.32. The SMILES string of the molecule is FC(F)(F)Oc1cccc(CN2CC(c3cccc4nc(Nc5ccc(OCCN6CCCC6)cc5)nn34)C=N2)c1. The maximum absolute atomic E-state index is 12.6. The van der Waals surface area contributed by atoms with Crippen molar-refractivity contribution in [1.29, 1.82) is 0 Å². The number of hydrogen-bond donors (Lipinski definition) is 1. The van der Waals surface area contributed by atoms with Gasteiger partial charge in [-0.1, -0.05) is 18.2 Å². The molecule has 0 amide bonds. The van der Waals surface area contributed by atoms with E-state index in [0.29, 0.717) is 36.9 Å². The van der Waals surface area contributed by atoms with Gasteiger partial charge in [-0.25, -0.2) is 4.52 Å². The summed E-state index contributed by atoms with van der Waals surface area (Å²) in [5.41, 5.74) is 3.11. The molecule has 0 aliphatic carbocycles. The summed E-state index contributed by atoms with van der Waals surface area (Å²) in [6.07, 6.45) is -0.367. The third-order valence-corrected chi connectivity index (χ3v) is 7.07. The van der Waals surface area contributed by atoms with Crippen molar-refractivity contribution in [1.82, 2.24) is 24.5 Å². The normalized spacial score (nSPS) is 17.4. The van der Waals surface area contributed by atoms with Gasteiger partial charge in [0.15, 0.2) is 5.65 Å². The molecule has 4 heterocycles. The first-order valence-corrected chi connectivity index (χ1v) is 13.6. The molecular formula is C29H30F3N7O2. The Labute approximate surface area is 235 Å². The number of pyridine rings is 1. The summed E-state index contributed by atoms with van der Waals surface area (Å²) in [6.45, 7) is 4.83. The fourth-order valence-corrected chi connectivity index (χ4v) is 5.14. The van der Waals surface area contributed by atoms with Crippen LogP contribution in [0.3, 0.4) is 0 Å². The monoisotopic (exact) mass is 565 g/mol. The van der Waals surface area contributed by atoms with Crippen molar-refractivity contribution in [3.63, 3.8) is 0 Å². The Morgan fingerprint density at radius 3 is 2.56 bits per heavy atom. The second-order valence-electron chi connectivity index (χ2n) is 10.1. The molecule has 4 aromatic rings. The van der Waals surface area contributed by atoms with Gasteiger partial charge < -0.3 is 14.8 Å². The lowest BCUT2D eigenvalue weighted by atomic mass is 10.1. The maximum Gasteiger partial charge on any atom is 0.573 e. The van der Waals surface area contributed by atoms with Crippen molar-refractivity contribution in [2.24, 2.45) is 5.10 Å². The zero-order valence-corrected chi connectivity index (χ0v) is 22.3. The number of ether oxygens (including phenoxy) is 2. The van der Waals surface area contributed by atoms with E-state index in [4.69, 9.17) is 4.74 Å². The molecule has 2 aliphatic heterocycles. The Morgan fingerprint density at radius 2 is 1.76 bits per heavy atom. The van der Waals surface area contributed by atoms with Crippen LogP contribution in [-0.4, -0.2) is 69.9 Å². The summed E-state index contributed by atoms with van der Waals surface area (Å²) in [6, 6.07) is 19.5. The van der Waals surface area contributed by atoms with E-state index < -0.39 is 6.36 Å². The van der Waals surface area contributed by atoms with E-state index in [9.17, 15) is 13.2 Å². The first-order valence-electron chi connectivity index (χ1n) is 13.6. The number of nitrogens with one attached hydrogen (secondary N) is 1. The number of halogens is 3. The molecule has 1 saturated heterocycles. The van der Waals surface area contributed by atoms with Gasteiger partial charge in [0.2, 0.25) is 5.95 Å². The highest BCUT2D eigenvalue weighted by Crippen LogP contribution is 2.27. The smallest absolute Gasteiger partial charge is 0.492 e. The Kier molecular flexibility index (Phi) is 7.64. The summed E-state index contributed by atoms with van der Waals surface area (Å²) < 4.78 is 49.5. The second kappa shape index (κ2) is 11.7. The van der Waals surface area contributed by atoms with Crippen LogP contribution in [0.1, 0.15) is 30.0 Å². The van der Waals surface area contributed by atoms with Gasteiger partial charge in [0.05, 0.1) is 18.2 Å². The molecule has 0 saturated carbocycles. The van der Waals surface area contributed by atoms with Gasteiger partial charge in [-0.3, -0.25) is 9.91 Å². The molecule has 1 fully saturated rings. The molecule has 1 unspecified atom stereocenters. The number of fused-ring (bicyclic) bond motifs is 1. The number of alkyl halides is 3. The summed E-state index contributed by atoms with van der Waals surface area (Å²) in [7, 11) is 0. The summed E-state index contributed by atoms with van der Waals surface area (Å²) in [4.78, 5) is 7.04. The molecule has 2 aromatic carbocycles. The average molecular weight is 566 g/mol. The van der Waals surface area contributed by atoms with E-state index in [1.54, 1.807) is 15.6 Å². The van der Waals surface area contributed by atoms with Gasteiger partial charge >= 0.3 is 6.36 Å². The lowest BCUT2D eigenvalue weighted by Crippen LogP contribution is -2.25. The lowest BCUT2D eigenvalue weighted by molar-refractivity contribution is -0.274. The van der Waals surface area contributed by atoms with Gasteiger partial charge in [0, 0.05) is 25.0 Å². The number of aromatic nitrogens is 3. The predicted octanol–water partition coefficient (Wildman–Crippen LogP) is 5.43. The van der Waals surface area contributed by atoms with Gasteiger partial charge in [-0.2, -0.15) is 10.1 Å². The molecule has 0 bridgehead atoms. The molecule has 41 heavy (non-hydrogen) atoms. The highest BCUT2D eigenvalue weighted by Gasteiger charge is 2.31. The largest absolute Gasteiger partial charge is 0.573 e. The number of rotatable bonds is 10. The third-order valence-electron chi connectivity index (χ3n) is 7.07. The lowest BCUT2D eigenvalue weighted by Gasteiger charge is -2.17. The van der Waals surface area contributed by atoms with Crippen LogP contribution in [-0.2, 0) is 6.54 Å². The van der Waals surface area contributed by atoms with Crippen molar-refractivity contribution in [2.75, 3.05) is 38.1 Å². The molecule has 0 radical (unpaired) electrons. The zero-order valence-electron chi connectivity index (χ0n) is 22.3. The number of nitrogens with zero attached hydrogens (tertiary/aromatic N) is 6. The van der Waals surface area contributed by atoms with Crippen molar-refractivity contribution in [3.05, 3.63) is 78.0 Å². The topological polar surface area (TPSA) is 79.5 Å². The summed E-state index contributed by atoms with van der Waals surface area (Å²) in [5, 5.41) is 14.2. The fraction of sp³-hybridized carbons (Fsp3) is 0.345. The first kappa shape index (κ1) is 26.9. The van der Waals surface area contributed by atoms with Crippen molar-refractivity contribution in [3.8, 4) is 11.5 Å². The molecule has 6 rings (SSSR count). The van der Waals surface area contributed by atoms with Crippen LogP contribution < -0.4 is 14.8 Å². The zero-order chi connectivity index (χ0) is 28.2. The van der Waals surface area contributed by atoms with Crippen LogP contribution >= 0.6 is 0 Å². The van der Waals surface area contributed by atoms with Gasteiger partial charge in [0.1, 0.15) is 18.1 Å². The van der Waals surface area contributed by atoms with E-state index in [0.717, 1.165) is 36.8 Å². The summed E-state index contributed by atoms with van der Waals surface area (Å²) in [5.74, 6) is 0.972. The van der Waals surface area contributed by atoms with Crippen LogP contribution in [0.2, 0.25) is 0 Å². The molecule has 12 heteroatoms. The minimum atomic E-state index is -4.73. The van der Waals surface area contributed by atoms with Gasteiger partial charge in [-0.15, -0.1) is 18.3 Å². The van der Waals surface area contributed by atoms with E-state index in [-0.39, 0.29) is 11.7 Å². The van der Waals surface area contributed by atoms with Crippen molar-refractivity contribution < 1.29 is 22.6 Å². The van der Waals surface area contributed by atoms with Crippen LogP contribution in [0.15, 0.2) is 71.8 Å². The Morgan fingerprint density at radius 1 is 0.951 bits per heavy atom. The highest BCUT2D eigenvalue weighted by atomic mass is 19.4. The number of hydrazone groups is 1. The predicted molar refractivity (Wildman–Crippen MR) is 149 cm³/mol. The highest BCUT2D eigenvalue weighted by molar-refractivity contribution is 5.69. The van der Waals surface area contributed by atoms with Crippen LogP contribution in [0.25, 0.3) is 5.65 Å².